The van der Waals surface area contributed by atoms with Crippen molar-refractivity contribution < 1.29 is 8.42 Å². The van der Waals surface area contributed by atoms with Crippen LogP contribution in [-0.2, 0) is 23.6 Å². The SMILES string of the molecule is CCNc1ncc(S(=O)(=O)NCc2ncn(C)n2)cc1Cl. The van der Waals surface area contributed by atoms with Crippen LogP contribution in [0.25, 0.3) is 0 Å². The summed E-state index contributed by atoms with van der Waals surface area (Å²) >= 11 is 5.99. The van der Waals surface area contributed by atoms with Crippen LogP contribution in [0.1, 0.15) is 12.7 Å². The molecule has 0 aliphatic rings. The van der Waals surface area contributed by atoms with Gasteiger partial charge < -0.3 is 5.32 Å². The monoisotopic (exact) mass is 330 g/mol. The zero-order valence-electron chi connectivity index (χ0n) is 11.5. The fourth-order valence-electron chi connectivity index (χ4n) is 1.57. The average molecular weight is 331 g/mol. The summed E-state index contributed by atoms with van der Waals surface area (Å²) in [5.74, 6) is 0.828. The van der Waals surface area contributed by atoms with E-state index in [-0.39, 0.29) is 16.5 Å². The van der Waals surface area contributed by atoms with Crippen LogP contribution in [0.4, 0.5) is 5.82 Å². The number of rotatable bonds is 6. The van der Waals surface area contributed by atoms with Gasteiger partial charge in [-0.1, -0.05) is 11.6 Å². The van der Waals surface area contributed by atoms with Crippen molar-refractivity contribution in [2.45, 2.75) is 18.4 Å². The lowest BCUT2D eigenvalue weighted by Gasteiger charge is -2.08. The normalized spacial score (nSPS) is 11.6. The molecule has 0 amide bonds. The molecular weight excluding hydrogens is 316 g/mol. The highest BCUT2D eigenvalue weighted by molar-refractivity contribution is 7.89. The van der Waals surface area contributed by atoms with Crippen LogP contribution < -0.4 is 10.0 Å². The number of hydrogen-bond donors (Lipinski definition) is 2. The van der Waals surface area contributed by atoms with E-state index < -0.39 is 10.0 Å². The van der Waals surface area contributed by atoms with Crippen LogP contribution in [0.2, 0.25) is 5.02 Å². The van der Waals surface area contributed by atoms with E-state index in [0.29, 0.717) is 18.2 Å². The van der Waals surface area contributed by atoms with Gasteiger partial charge in [0.1, 0.15) is 17.0 Å². The van der Waals surface area contributed by atoms with Crippen molar-refractivity contribution in [1.29, 1.82) is 0 Å². The largest absolute Gasteiger partial charge is 0.369 e. The van der Waals surface area contributed by atoms with E-state index in [2.05, 4.69) is 25.1 Å². The predicted octanol–water partition coefficient (Wildman–Crippen LogP) is 0.774. The number of hydrogen-bond acceptors (Lipinski definition) is 6. The molecule has 0 fully saturated rings. The molecule has 2 rings (SSSR count). The Morgan fingerprint density at radius 2 is 2.14 bits per heavy atom. The minimum Gasteiger partial charge on any atom is -0.369 e. The molecule has 0 aliphatic carbocycles. The highest BCUT2D eigenvalue weighted by Gasteiger charge is 2.17. The maximum absolute atomic E-state index is 12.1. The van der Waals surface area contributed by atoms with Crippen molar-refractivity contribution in [1.82, 2.24) is 24.5 Å². The fraction of sp³-hybridized carbons (Fsp3) is 0.364. The van der Waals surface area contributed by atoms with Gasteiger partial charge in [0.15, 0.2) is 5.82 Å². The summed E-state index contributed by atoms with van der Waals surface area (Å²) in [6.45, 7) is 2.53. The third-order valence-electron chi connectivity index (χ3n) is 2.54. The third-order valence-corrected chi connectivity index (χ3v) is 4.19. The molecule has 0 saturated heterocycles. The van der Waals surface area contributed by atoms with E-state index >= 15 is 0 Å². The number of halogens is 1. The Morgan fingerprint density at radius 3 is 2.71 bits per heavy atom. The Hall–Kier alpha value is -1.71. The van der Waals surface area contributed by atoms with Gasteiger partial charge in [0.25, 0.3) is 0 Å². The molecule has 2 N–H and O–H groups in total. The molecule has 8 nitrogen and oxygen atoms in total. The van der Waals surface area contributed by atoms with Crippen LogP contribution in [-0.4, -0.2) is 34.7 Å². The first-order valence-electron chi connectivity index (χ1n) is 6.16. The van der Waals surface area contributed by atoms with Crippen LogP contribution >= 0.6 is 11.6 Å². The summed E-state index contributed by atoms with van der Waals surface area (Å²) in [5, 5.41) is 7.17. The molecule has 2 aromatic heterocycles. The summed E-state index contributed by atoms with van der Waals surface area (Å²) in [6, 6.07) is 1.35. The van der Waals surface area contributed by atoms with Gasteiger partial charge >= 0.3 is 0 Å². The van der Waals surface area contributed by atoms with Gasteiger partial charge in [-0.25, -0.2) is 23.1 Å². The summed E-state index contributed by atoms with van der Waals surface area (Å²) in [5.41, 5.74) is 0. The van der Waals surface area contributed by atoms with Crippen molar-refractivity contribution in [2.75, 3.05) is 11.9 Å². The second kappa shape index (κ2) is 6.37. The molecule has 114 valence electrons. The van der Waals surface area contributed by atoms with Crippen molar-refractivity contribution in [3.63, 3.8) is 0 Å². The number of aromatic nitrogens is 4. The first-order valence-corrected chi connectivity index (χ1v) is 8.02. The molecule has 2 heterocycles. The first-order chi connectivity index (χ1) is 9.92. The molecule has 0 radical (unpaired) electrons. The molecular formula is C11H15ClN6O2S. The second-order valence-electron chi connectivity index (χ2n) is 4.19. The molecule has 0 saturated carbocycles. The summed E-state index contributed by atoms with van der Waals surface area (Å²) in [6.07, 6.45) is 2.74. The highest BCUT2D eigenvalue weighted by Crippen LogP contribution is 2.22. The van der Waals surface area contributed by atoms with E-state index in [9.17, 15) is 8.42 Å². The molecule has 2 aromatic rings. The summed E-state index contributed by atoms with van der Waals surface area (Å²) < 4.78 is 28.2. The Kier molecular flexibility index (Phi) is 4.76. The minimum absolute atomic E-state index is 0.00421. The first kappa shape index (κ1) is 15.7. The molecule has 0 atom stereocenters. The van der Waals surface area contributed by atoms with E-state index in [4.69, 9.17) is 11.6 Å². The number of anilines is 1. The Balaban J connectivity index is 2.13. The van der Waals surface area contributed by atoms with Crippen LogP contribution in [0.3, 0.4) is 0 Å². The summed E-state index contributed by atoms with van der Waals surface area (Å²) in [4.78, 5) is 7.93. The lowest BCUT2D eigenvalue weighted by atomic mass is 10.4. The number of nitrogens with one attached hydrogen (secondary N) is 2. The van der Waals surface area contributed by atoms with Gasteiger partial charge in [-0.2, -0.15) is 5.10 Å². The average Bonchev–Trinajstić information content (AvgIpc) is 2.85. The van der Waals surface area contributed by atoms with Crippen molar-refractivity contribution in [3.8, 4) is 0 Å². The molecule has 0 spiro atoms. The Labute approximate surface area is 127 Å². The fourth-order valence-corrected chi connectivity index (χ4v) is 2.82. The zero-order chi connectivity index (χ0) is 15.5. The number of pyridine rings is 1. The number of sulfonamides is 1. The van der Waals surface area contributed by atoms with Crippen LogP contribution in [0.15, 0.2) is 23.5 Å². The standard InChI is InChI=1S/C11H15ClN6O2S/c1-3-13-11-9(12)4-8(5-14-11)21(19,20)16-6-10-15-7-18(2)17-10/h4-5,7,16H,3,6H2,1-2H3,(H,13,14). The topological polar surface area (TPSA) is 102 Å². The number of nitrogens with zero attached hydrogens (tertiary/aromatic N) is 4. The van der Waals surface area contributed by atoms with Gasteiger partial charge in [-0.15, -0.1) is 0 Å². The molecule has 0 aromatic carbocycles. The van der Waals surface area contributed by atoms with Gasteiger partial charge in [-0.05, 0) is 13.0 Å². The highest BCUT2D eigenvalue weighted by atomic mass is 35.5. The van der Waals surface area contributed by atoms with E-state index in [0.717, 1.165) is 0 Å². The Morgan fingerprint density at radius 1 is 1.38 bits per heavy atom. The lowest BCUT2D eigenvalue weighted by molar-refractivity contribution is 0.578. The molecule has 0 bridgehead atoms. The van der Waals surface area contributed by atoms with Crippen LogP contribution in [0.5, 0.6) is 0 Å². The van der Waals surface area contributed by atoms with Gasteiger partial charge in [-0.3, -0.25) is 4.68 Å². The van der Waals surface area contributed by atoms with Gasteiger partial charge in [0, 0.05) is 19.8 Å². The molecule has 21 heavy (non-hydrogen) atoms. The van der Waals surface area contributed by atoms with Crippen LogP contribution in [0, 0.1) is 0 Å². The van der Waals surface area contributed by atoms with Crippen molar-refractivity contribution in [2.24, 2.45) is 7.05 Å². The van der Waals surface area contributed by atoms with Crippen molar-refractivity contribution >= 4 is 27.4 Å². The van der Waals surface area contributed by atoms with E-state index in [1.807, 2.05) is 6.92 Å². The molecule has 0 unspecified atom stereocenters. The van der Waals surface area contributed by atoms with E-state index in [1.54, 1.807) is 7.05 Å². The summed E-state index contributed by atoms with van der Waals surface area (Å²) in [7, 11) is -2.01. The quantitative estimate of drug-likeness (QED) is 0.811. The van der Waals surface area contributed by atoms with Gasteiger partial charge in [0.05, 0.1) is 11.6 Å². The van der Waals surface area contributed by atoms with Gasteiger partial charge in [0.2, 0.25) is 10.0 Å². The third kappa shape index (κ3) is 3.90. The van der Waals surface area contributed by atoms with E-state index in [1.165, 1.54) is 23.3 Å². The zero-order valence-corrected chi connectivity index (χ0v) is 13.1. The number of aryl methyl sites for hydroxylation is 1. The molecule has 0 aliphatic heterocycles. The maximum atomic E-state index is 12.1. The maximum Gasteiger partial charge on any atom is 0.242 e. The molecule has 10 heteroatoms. The lowest BCUT2D eigenvalue weighted by Crippen LogP contribution is -2.24. The second-order valence-corrected chi connectivity index (χ2v) is 6.36. The predicted molar refractivity (Wildman–Crippen MR) is 78.4 cm³/mol. The smallest absolute Gasteiger partial charge is 0.242 e. The Bertz CT molecular complexity index is 730. The minimum atomic E-state index is -3.72. The van der Waals surface area contributed by atoms with Crippen molar-refractivity contribution in [3.05, 3.63) is 29.4 Å².